The van der Waals surface area contributed by atoms with E-state index < -0.39 is 0 Å². The highest BCUT2D eigenvalue weighted by Crippen LogP contribution is 2.35. The van der Waals surface area contributed by atoms with Crippen molar-refractivity contribution in [2.24, 2.45) is 5.73 Å². The first-order valence-electron chi connectivity index (χ1n) is 11.1. The Morgan fingerprint density at radius 3 is 2.84 bits per heavy atom. The molecule has 1 aliphatic rings. The van der Waals surface area contributed by atoms with Crippen molar-refractivity contribution in [3.63, 3.8) is 0 Å². The lowest BCUT2D eigenvalue weighted by Gasteiger charge is -2.35. The largest absolute Gasteiger partial charge is 0.341 e. The lowest BCUT2D eigenvalue weighted by molar-refractivity contribution is 0.112. The minimum absolute atomic E-state index is 0.199. The van der Waals surface area contributed by atoms with Gasteiger partial charge in [-0.1, -0.05) is 30.3 Å². The number of H-pyrrole nitrogens is 1. The molecule has 0 amide bonds. The Labute approximate surface area is 187 Å². The summed E-state index contributed by atoms with van der Waals surface area (Å²) in [5, 5.41) is 0. The van der Waals surface area contributed by atoms with E-state index in [1.54, 1.807) is 0 Å². The molecule has 1 aliphatic carbocycles. The molecule has 0 aliphatic heterocycles. The van der Waals surface area contributed by atoms with Crippen LogP contribution in [0.1, 0.15) is 57.5 Å². The average molecular weight is 426 g/mol. The quantitative estimate of drug-likeness (QED) is 0.431. The van der Waals surface area contributed by atoms with Crippen LogP contribution in [0.15, 0.2) is 60.8 Å². The summed E-state index contributed by atoms with van der Waals surface area (Å²) in [6.45, 7) is 1.78. The normalized spacial score (nSPS) is 15.8. The molecular weight excluding hydrogens is 398 g/mol. The second-order valence-corrected chi connectivity index (χ2v) is 8.41. The molecule has 2 heterocycles. The number of para-hydroxylation sites is 2. The molecule has 2 aromatic carbocycles. The molecule has 6 nitrogen and oxygen atoms in total. The van der Waals surface area contributed by atoms with Crippen LogP contribution in [0.5, 0.6) is 0 Å². The second-order valence-electron chi connectivity index (χ2n) is 8.41. The van der Waals surface area contributed by atoms with Gasteiger partial charge in [0.1, 0.15) is 12.1 Å². The van der Waals surface area contributed by atoms with Gasteiger partial charge in [-0.2, -0.15) is 0 Å². The zero-order chi connectivity index (χ0) is 21.9. The minimum Gasteiger partial charge on any atom is -0.341 e. The Bertz CT molecular complexity index is 1210. The van der Waals surface area contributed by atoms with Crippen LogP contribution in [0.3, 0.4) is 0 Å². The van der Waals surface area contributed by atoms with Crippen LogP contribution in [0.2, 0.25) is 0 Å². The van der Waals surface area contributed by atoms with E-state index in [4.69, 9.17) is 15.7 Å². The van der Waals surface area contributed by atoms with Crippen molar-refractivity contribution in [1.82, 2.24) is 19.9 Å². The highest BCUT2D eigenvalue weighted by molar-refractivity contribution is 5.75. The van der Waals surface area contributed by atoms with Crippen molar-refractivity contribution in [2.75, 3.05) is 0 Å². The highest BCUT2D eigenvalue weighted by Gasteiger charge is 2.28. The topological polar surface area (TPSA) is 87.9 Å². The number of nitrogens with one attached hydrogen (secondary N) is 1. The molecule has 1 unspecified atom stereocenters. The van der Waals surface area contributed by atoms with E-state index in [2.05, 4.69) is 22.0 Å². The van der Waals surface area contributed by atoms with Gasteiger partial charge in [-0.25, -0.2) is 4.98 Å². The predicted molar refractivity (Wildman–Crippen MR) is 125 cm³/mol. The van der Waals surface area contributed by atoms with Gasteiger partial charge in [-0.3, -0.25) is 14.7 Å². The van der Waals surface area contributed by atoms with Crippen LogP contribution in [0.4, 0.5) is 0 Å². The number of carbonyl (C=O) groups excluding carboxylic acids is 1. The number of hydrogen-bond acceptors (Lipinski definition) is 5. The number of rotatable bonds is 7. The van der Waals surface area contributed by atoms with Crippen LogP contribution in [0.25, 0.3) is 11.0 Å². The third-order valence-corrected chi connectivity index (χ3v) is 6.36. The zero-order valence-electron chi connectivity index (χ0n) is 18.0. The summed E-state index contributed by atoms with van der Waals surface area (Å²) in [5.74, 6) is 0.938. The van der Waals surface area contributed by atoms with Gasteiger partial charge in [0.2, 0.25) is 0 Å². The lowest BCUT2D eigenvalue weighted by atomic mass is 9.90. The SMILES string of the molecule is NCc1cc(C=O)ccc1CN(Cc1nc2ccccc2[nH]1)C1CCCc2cccnc21. The van der Waals surface area contributed by atoms with Gasteiger partial charge < -0.3 is 10.7 Å². The molecule has 6 heteroatoms. The van der Waals surface area contributed by atoms with Crippen molar-refractivity contribution in [3.8, 4) is 0 Å². The number of aryl methyl sites for hydroxylation is 1. The van der Waals surface area contributed by atoms with Crippen molar-refractivity contribution < 1.29 is 4.79 Å². The lowest BCUT2D eigenvalue weighted by Crippen LogP contribution is -2.32. The van der Waals surface area contributed by atoms with Gasteiger partial charge in [0, 0.05) is 24.8 Å². The van der Waals surface area contributed by atoms with Crippen LogP contribution in [-0.4, -0.2) is 26.1 Å². The van der Waals surface area contributed by atoms with Gasteiger partial charge in [-0.05, 0) is 60.2 Å². The molecule has 0 radical (unpaired) electrons. The van der Waals surface area contributed by atoms with E-state index in [0.29, 0.717) is 25.2 Å². The number of aldehydes is 1. The number of nitrogens with zero attached hydrogens (tertiary/aromatic N) is 3. The van der Waals surface area contributed by atoms with E-state index in [-0.39, 0.29) is 6.04 Å². The Hall–Kier alpha value is -3.35. The number of imidazole rings is 1. The summed E-state index contributed by atoms with van der Waals surface area (Å²) in [6.07, 6.45) is 6.01. The Morgan fingerprint density at radius 1 is 1.09 bits per heavy atom. The third-order valence-electron chi connectivity index (χ3n) is 6.36. The monoisotopic (exact) mass is 425 g/mol. The van der Waals surface area contributed by atoms with Crippen LogP contribution < -0.4 is 5.73 Å². The highest BCUT2D eigenvalue weighted by atomic mass is 16.1. The average Bonchev–Trinajstić information content (AvgIpc) is 3.26. The molecule has 5 rings (SSSR count). The molecule has 162 valence electrons. The number of aromatic nitrogens is 3. The maximum atomic E-state index is 11.2. The fourth-order valence-corrected chi connectivity index (χ4v) is 4.77. The number of fused-ring (bicyclic) bond motifs is 2. The molecule has 0 saturated heterocycles. The summed E-state index contributed by atoms with van der Waals surface area (Å²) < 4.78 is 0. The van der Waals surface area contributed by atoms with E-state index in [9.17, 15) is 4.79 Å². The fourth-order valence-electron chi connectivity index (χ4n) is 4.77. The molecule has 4 aromatic rings. The number of pyridine rings is 1. The fraction of sp³-hybridized carbons (Fsp3) is 0.269. The number of aromatic amines is 1. The van der Waals surface area contributed by atoms with Crippen molar-refractivity contribution in [2.45, 2.75) is 44.9 Å². The zero-order valence-corrected chi connectivity index (χ0v) is 18.0. The van der Waals surface area contributed by atoms with Crippen molar-refractivity contribution in [3.05, 3.63) is 94.6 Å². The van der Waals surface area contributed by atoms with Crippen molar-refractivity contribution >= 4 is 17.3 Å². The van der Waals surface area contributed by atoms with E-state index in [1.165, 1.54) is 5.56 Å². The van der Waals surface area contributed by atoms with Gasteiger partial charge in [-0.15, -0.1) is 0 Å². The molecular formula is C26H27N5O. The van der Waals surface area contributed by atoms with E-state index in [1.807, 2.05) is 48.7 Å². The first-order chi connectivity index (χ1) is 15.7. The van der Waals surface area contributed by atoms with Crippen molar-refractivity contribution in [1.29, 1.82) is 0 Å². The molecule has 0 saturated carbocycles. The van der Waals surface area contributed by atoms with Gasteiger partial charge in [0.25, 0.3) is 0 Å². The first-order valence-corrected chi connectivity index (χ1v) is 11.1. The summed E-state index contributed by atoms with van der Waals surface area (Å²) >= 11 is 0. The van der Waals surface area contributed by atoms with Crippen LogP contribution in [-0.2, 0) is 26.1 Å². The molecule has 1 atom stereocenters. The third kappa shape index (κ3) is 4.07. The van der Waals surface area contributed by atoms with Crippen LogP contribution in [0, 0.1) is 0 Å². The first kappa shape index (κ1) is 20.5. The van der Waals surface area contributed by atoms with Gasteiger partial charge in [0.15, 0.2) is 0 Å². The maximum absolute atomic E-state index is 11.2. The predicted octanol–water partition coefficient (Wildman–Crippen LogP) is 4.31. The Balaban J connectivity index is 1.52. The van der Waals surface area contributed by atoms with Crippen LogP contribution >= 0.6 is 0 Å². The maximum Gasteiger partial charge on any atom is 0.150 e. The standard InChI is InChI=1S/C26H27N5O/c27-14-21-13-18(17-32)10-11-20(21)15-31(16-25-29-22-7-1-2-8-23(22)30-25)24-9-3-5-19-6-4-12-28-26(19)24/h1-2,4,6-8,10-13,17,24H,3,5,9,14-16,27H2,(H,29,30). The van der Waals surface area contributed by atoms with E-state index >= 15 is 0 Å². The molecule has 0 fully saturated rings. The number of hydrogen-bond donors (Lipinski definition) is 2. The van der Waals surface area contributed by atoms with Gasteiger partial charge in [0.05, 0.1) is 29.3 Å². The summed E-state index contributed by atoms with van der Waals surface area (Å²) in [6, 6.07) is 18.3. The molecule has 0 spiro atoms. The number of carbonyl (C=O) groups is 1. The summed E-state index contributed by atoms with van der Waals surface area (Å²) in [7, 11) is 0. The van der Waals surface area contributed by atoms with E-state index in [0.717, 1.165) is 59.2 Å². The molecule has 0 bridgehead atoms. The molecule has 3 N–H and O–H groups in total. The summed E-state index contributed by atoms with van der Waals surface area (Å²) in [4.78, 5) is 26.8. The number of benzene rings is 2. The molecule has 2 aromatic heterocycles. The molecule has 32 heavy (non-hydrogen) atoms. The second kappa shape index (κ2) is 9.02. The summed E-state index contributed by atoms with van der Waals surface area (Å²) in [5.41, 5.74) is 13.3. The number of nitrogens with two attached hydrogens (primary N) is 1. The smallest absolute Gasteiger partial charge is 0.150 e. The Morgan fingerprint density at radius 2 is 2.00 bits per heavy atom. The minimum atomic E-state index is 0.199. The van der Waals surface area contributed by atoms with Gasteiger partial charge >= 0.3 is 0 Å². The Kier molecular flexibility index (Phi) is 5.79.